The minimum atomic E-state index is -3.59. The van der Waals surface area contributed by atoms with Crippen molar-refractivity contribution in [1.29, 1.82) is 0 Å². The molecule has 1 saturated heterocycles. The maximum Gasteiger partial charge on any atom is 0.313 e. The van der Waals surface area contributed by atoms with E-state index in [0.717, 1.165) is 30.4 Å². The topological polar surface area (TPSA) is 95.6 Å². The van der Waals surface area contributed by atoms with Gasteiger partial charge in [0.15, 0.2) is 0 Å². The van der Waals surface area contributed by atoms with E-state index in [1.807, 2.05) is 32.0 Å². The Kier molecular flexibility index (Phi) is 7.46. The molecule has 2 amide bonds. The van der Waals surface area contributed by atoms with Crippen LogP contribution in [0.2, 0.25) is 0 Å². The number of anilines is 1. The van der Waals surface area contributed by atoms with E-state index in [0.29, 0.717) is 18.7 Å². The third-order valence-corrected chi connectivity index (χ3v) is 7.50. The fourth-order valence-electron chi connectivity index (χ4n) is 3.79. The van der Waals surface area contributed by atoms with Gasteiger partial charge in [-0.25, -0.2) is 8.42 Å². The molecule has 166 valence electrons. The maximum atomic E-state index is 13.0. The van der Waals surface area contributed by atoms with Gasteiger partial charge in [0.1, 0.15) is 0 Å². The first-order valence-electron chi connectivity index (χ1n) is 10.5. The molecule has 0 saturated carbocycles. The summed E-state index contributed by atoms with van der Waals surface area (Å²) in [5, 5.41) is 5.26. The second-order valence-electron chi connectivity index (χ2n) is 7.90. The van der Waals surface area contributed by atoms with Gasteiger partial charge in [-0.05, 0) is 62.4 Å². The zero-order chi connectivity index (χ0) is 22.4. The smallest absolute Gasteiger partial charge is 0.313 e. The fourth-order valence-corrected chi connectivity index (χ4v) is 5.53. The molecular formula is C23H29N3O4S. The van der Waals surface area contributed by atoms with Crippen LogP contribution in [0, 0.1) is 13.8 Å². The highest BCUT2D eigenvalue weighted by atomic mass is 32.2. The lowest BCUT2D eigenvalue weighted by Crippen LogP contribution is -2.45. The van der Waals surface area contributed by atoms with E-state index < -0.39 is 21.8 Å². The van der Waals surface area contributed by atoms with Crippen molar-refractivity contribution in [2.75, 3.05) is 18.4 Å². The molecule has 2 aromatic carbocycles. The normalized spacial score (nSPS) is 17.2. The van der Waals surface area contributed by atoms with Crippen LogP contribution in [0.25, 0.3) is 0 Å². The number of sulfonamides is 1. The minimum absolute atomic E-state index is 0.207. The Balaban J connectivity index is 1.57. The Morgan fingerprint density at radius 3 is 2.52 bits per heavy atom. The first-order chi connectivity index (χ1) is 14.8. The van der Waals surface area contributed by atoms with Gasteiger partial charge in [-0.3, -0.25) is 9.59 Å². The number of rotatable bonds is 6. The van der Waals surface area contributed by atoms with Gasteiger partial charge >= 0.3 is 11.8 Å². The van der Waals surface area contributed by atoms with Gasteiger partial charge in [-0.1, -0.05) is 36.8 Å². The number of amides is 2. The Morgan fingerprint density at radius 1 is 1.03 bits per heavy atom. The number of carbonyl (C=O) groups excluding carboxylic acids is 2. The van der Waals surface area contributed by atoms with E-state index in [1.165, 1.54) is 4.31 Å². The van der Waals surface area contributed by atoms with Crippen LogP contribution in [0.4, 0.5) is 5.69 Å². The molecule has 1 heterocycles. The molecule has 31 heavy (non-hydrogen) atoms. The average molecular weight is 444 g/mol. The molecule has 7 nitrogen and oxygen atoms in total. The molecule has 1 aliphatic heterocycles. The van der Waals surface area contributed by atoms with E-state index in [9.17, 15) is 18.0 Å². The van der Waals surface area contributed by atoms with Gasteiger partial charge in [-0.2, -0.15) is 4.31 Å². The number of nitrogens with one attached hydrogen (secondary N) is 2. The van der Waals surface area contributed by atoms with Crippen molar-refractivity contribution < 1.29 is 18.0 Å². The fraction of sp³-hybridized carbons (Fsp3) is 0.391. The monoisotopic (exact) mass is 443 g/mol. The molecule has 1 aliphatic rings. The van der Waals surface area contributed by atoms with Gasteiger partial charge in [0.25, 0.3) is 0 Å². The molecule has 1 unspecified atom stereocenters. The van der Waals surface area contributed by atoms with Crippen LogP contribution in [0.1, 0.15) is 36.8 Å². The van der Waals surface area contributed by atoms with E-state index in [-0.39, 0.29) is 17.5 Å². The van der Waals surface area contributed by atoms with Crippen LogP contribution in [-0.4, -0.2) is 43.7 Å². The molecule has 0 spiro atoms. The van der Waals surface area contributed by atoms with Gasteiger partial charge in [0.2, 0.25) is 10.0 Å². The molecule has 3 rings (SSSR count). The number of aryl methyl sites for hydroxylation is 2. The quantitative estimate of drug-likeness (QED) is 0.671. The number of carbonyl (C=O) groups is 2. The van der Waals surface area contributed by atoms with Crippen molar-refractivity contribution >= 4 is 27.5 Å². The molecule has 0 bridgehead atoms. The SMILES string of the molecule is Cc1ccc(C)c(NC(=O)C(=O)NCCC2CCCCN2S(=O)(=O)c2ccccc2)c1. The lowest BCUT2D eigenvalue weighted by molar-refractivity contribution is -0.136. The van der Waals surface area contributed by atoms with Crippen molar-refractivity contribution in [3.63, 3.8) is 0 Å². The van der Waals surface area contributed by atoms with Crippen molar-refractivity contribution in [3.05, 3.63) is 59.7 Å². The van der Waals surface area contributed by atoms with Crippen molar-refractivity contribution in [2.45, 2.75) is 50.5 Å². The van der Waals surface area contributed by atoms with Gasteiger partial charge in [0, 0.05) is 24.8 Å². The van der Waals surface area contributed by atoms with Crippen molar-refractivity contribution in [3.8, 4) is 0 Å². The summed E-state index contributed by atoms with van der Waals surface area (Å²) in [6, 6.07) is 13.8. The molecule has 0 radical (unpaired) electrons. The first kappa shape index (κ1) is 23.0. The molecule has 2 aromatic rings. The van der Waals surface area contributed by atoms with Crippen LogP contribution >= 0.6 is 0 Å². The molecule has 2 N–H and O–H groups in total. The Morgan fingerprint density at radius 2 is 1.77 bits per heavy atom. The van der Waals surface area contributed by atoms with E-state index in [2.05, 4.69) is 10.6 Å². The molecule has 1 fully saturated rings. The lowest BCUT2D eigenvalue weighted by atomic mass is 10.0. The Bertz CT molecular complexity index is 1040. The van der Waals surface area contributed by atoms with Crippen LogP contribution in [0.15, 0.2) is 53.4 Å². The third-order valence-electron chi connectivity index (χ3n) is 5.53. The third kappa shape index (κ3) is 5.71. The van der Waals surface area contributed by atoms with Crippen LogP contribution in [0.5, 0.6) is 0 Å². The van der Waals surface area contributed by atoms with E-state index in [4.69, 9.17) is 0 Å². The Labute approximate surface area is 183 Å². The molecule has 0 aliphatic carbocycles. The number of nitrogens with zero attached hydrogens (tertiary/aromatic N) is 1. The summed E-state index contributed by atoms with van der Waals surface area (Å²) < 4.78 is 27.6. The number of hydrogen-bond acceptors (Lipinski definition) is 4. The number of piperidine rings is 1. The summed E-state index contributed by atoms with van der Waals surface area (Å²) in [5.74, 6) is -1.46. The predicted molar refractivity (Wildman–Crippen MR) is 120 cm³/mol. The highest BCUT2D eigenvalue weighted by molar-refractivity contribution is 7.89. The lowest BCUT2D eigenvalue weighted by Gasteiger charge is -2.34. The zero-order valence-corrected chi connectivity index (χ0v) is 18.7. The van der Waals surface area contributed by atoms with E-state index in [1.54, 1.807) is 30.3 Å². The minimum Gasteiger partial charge on any atom is -0.348 e. The zero-order valence-electron chi connectivity index (χ0n) is 17.9. The second-order valence-corrected chi connectivity index (χ2v) is 9.79. The van der Waals surface area contributed by atoms with Crippen molar-refractivity contribution in [1.82, 2.24) is 9.62 Å². The number of hydrogen-bond donors (Lipinski definition) is 2. The van der Waals surface area contributed by atoms with Gasteiger partial charge in [0.05, 0.1) is 4.90 Å². The first-order valence-corrected chi connectivity index (χ1v) is 12.0. The Hall–Kier alpha value is -2.71. The summed E-state index contributed by atoms with van der Waals surface area (Å²) in [7, 11) is -3.59. The van der Waals surface area contributed by atoms with Crippen LogP contribution in [-0.2, 0) is 19.6 Å². The van der Waals surface area contributed by atoms with Crippen LogP contribution in [0.3, 0.4) is 0 Å². The maximum absolute atomic E-state index is 13.0. The average Bonchev–Trinajstić information content (AvgIpc) is 2.77. The number of benzene rings is 2. The summed E-state index contributed by atoms with van der Waals surface area (Å²) in [5.41, 5.74) is 2.46. The summed E-state index contributed by atoms with van der Waals surface area (Å²) in [6.07, 6.45) is 2.94. The summed E-state index contributed by atoms with van der Waals surface area (Å²) in [4.78, 5) is 24.7. The molecule has 0 aromatic heterocycles. The van der Waals surface area contributed by atoms with Crippen molar-refractivity contribution in [2.24, 2.45) is 0 Å². The summed E-state index contributed by atoms with van der Waals surface area (Å²) in [6.45, 7) is 4.46. The summed E-state index contributed by atoms with van der Waals surface area (Å²) >= 11 is 0. The molecule has 1 atom stereocenters. The second kappa shape index (κ2) is 10.1. The van der Waals surface area contributed by atoms with Gasteiger partial charge in [-0.15, -0.1) is 0 Å². The standard InChI is InChI=1S/C23H29N3O4S/c1-17-11-12-18(2)21(16-17)25-23(28)22(27)24-14-13-19-8-6-7-15-26(19)31(29,30)20-9-4-3-5-10-20/h3-5,9-12,16,19H,6-8,13-15H2,1-2H3,(H,24,27)(H,25,28). The molecule has 8 heteroatoms. The predicted octanol–water partition coefficient (Wildman–Crippen LogP) is 2.99. The largest absolute Gasteiger partial charge is 0.348 e. The van der Waals surface area contributed by atoms with Crippen LogP contribution < -0.4 is 10.6 Å². The highest BCUT2D eigenvalue weighted by Gasteiger charge is 2.33. The molecular weight excluding hydrogens is 414 g/mol. The van der Waals surface area contributed by atoms with E-state index >= 15 is 0 Å². The highest BCUT2D eigenvalue weighted by Crippen LogP contribution is 2.26. The van der Waals surface area contributed by atoms with Gasteiger partial charge < -0.3 is 10.6 Å².